The van der Waals surface area contributed by atoms with Crippen LogP contribution < -0.4 is 11.1 Å². The lowest BCUT2D eigenvalue weighted by molar-refractivity contribution is 0.522. The van der Waals surface area contributed by atoms with E-state index in [-0.39, 0.29) is 0 Å². The largest absolute Gasteiger partial charge is 0.330 e. The Morgan fingerprint density at radius 1 is 1.12 bits per heavy atom. The van der Waals surface area contributed by atoms with E-state index in [0.29, 0.717) is 0 Å². The fraction of sp³-hybridized carbons (Fsp3) is 0.571. The molecule has 2 rings (SSSR count). The van der Waals surface area contributed by atoms with Gasteiger partial charge in [0, 0.05) is 12.6 Å². The molecule has 0 aliphatic heterocycles. The van der Waals surface area contributed by atoms with E-state index in [2.05, 4.69) is 29.6 Å². The van der Waals surface area contributed by atoms with Crippen LogP contribution >= 0.6 is 0 Å². The molecule has 0 saturated heterocycles. The molecule has 0 radical (unpaired) electrons. The molecule has 2 nitrogen and oxygen atoms in total. The van der Waals surface area contributed by atoms with Crippen LogP contribution in [0.2, 0.25) is 0 Å². The van der Waals surface area contributed by atoms with Gasteiger partial charge in [-0.25, -0.2) is 0 Å². The van der Waals surface area contributed by atoms with Gasteiger partial charge in [-0.3, -0.25) is 0 Å². The lowest BCUT2D eigenvalue weighted by atomic mass is 10.0. The monoisotopic (exact) mass is 218 g/mol. The smallest absolute Gasteiger partial charge is 0.0210 e. The molecule has 0 bridgehead atoms. The van der Waals surface area contributed by atoms with Crippen LogP contribution in [-0.2, 0) is 13.0 Å². The SMILES string of the molecule is NCCc1ccccc1CNC1CCCC1. The summed E-state index contributed by atoms with van der Waals surface area (Å²) < 4.78 is 0. The highest BCUT2D eigenvalue weighted by molar-refractivity contribution is 5.27. The molecule has 1 aromatic rings. The summed E-state index contributed by atoms with van der Waals surface area (Å²) in [7, 11) is 0. The molecular formula is C14H22N2. The van der Waals surface area contributed by atoms with Crippen LogP contribution in [0.4, 0.5) is 0 Å². The quantitative estimate of drug-likeness (QED) is 0.795. The predicted molar refractivity (Wildman–Crippen MR) is 68.3 cm³/mol. The Morgan fingerprint density at radius 3 is 2.50 bits per heavy atom. The second-order valence-electron chi connectivity index (χ2n) is 4.67. The highest BCUT2D eigenvalue weighted by atomic mass is 14.9. The maximum Gasteiger partial charge on any atom is 0.0210 e. The molecule has 1 saturated carbocycles. The highest BCUT2D eigenvalue weighted by Gasteiger charge is 2.14. The van der Waals surface area contributed by atoms with Gasteiger partial charge in [-0.2, -0.15) is 0 Å². The minimum Gasteiger partial charge on any atom is -0.330 e. The van der Waals surface area contributed by atoms with Crippen LogP contribution in [0.3, 0.4) is 0 Å². The van der Waals surface area contributed by atoms with Crippen LogP contribution in [0.1, 0.15) is 36.8 Å². The van der Waals surface area contributed by atoms with Crippen molar-refractivity contribution in [2.24, 2.45) is 5.73 Å². The summed E-state index contributed by atoms with van der Waals surface area (Å²) in [6, 6.07) is 9.37. The maximum atomic E-state index is 5.63. The summed E-state index contributed by atoms with van der Waals surface area (Å²) in [5, 5.41) is 3.66. The van der Waals surface area contributed by atoms with Crippen molar-refractivity contribution >= 4 is 0 Å². The van der Waals surface area contributed by atoms with Crippen LogP contribution in [0.5, 0.6) is 0 Å². The molecule has 0 heterocycles. The molecule has 1 aliphatic carbocycles. The third-order valence-corrected chi connectivity index (χ3v) is 3.47. The van der Waals surface area contributed by atoms with E-state index in [1.54, 1.807) is 0 Å². The zero-order chi connectivity index (χ0) is 11.2. The van der Waals surface area contributed by atoms with E-state index in [9.17, 15) is 0 Å². The van der Waals surface area contributed by atoms with Crippen molar-refractivity contribution in [1.82, 2.24) is 5.32 Å². The van der Waals surface area contributed by atoms with Crippen molar-refractivity contribution in [3.05, 3.63) is 35.4 Å². The summed E-state index contributed by atoms with van der Waals surface area (Å²) in [6.45, 7) is 1.74. The average Bonchev–Trinajstić information content (AvgIpc) is 2.81. The first kappa shape index (κ1) is 11.6. The minimum absolute atomic E-state index is 0.737. The Balaban J connectivity index is 1.91. The Bertz CT molecular complexity index is 316. The molecule has 0 spiro atoms. The van der Waals surface area contributed by atoms with Crippen molar-refractivity contribution in [2.45, 2.75) is 44.7 Å². The van der Waals surface area contributed by atoms with Crippen LogP contribution in [-0.4, -0.2) is 12.6 Å². The van der Waals surface area contributed by atoms with Gasteiger partial charge in [0.2, 0.25) is 0 Å². The predicted octanol–water partition coefficient (Wildman–Crippen LogP) is 2.22. The Kier molecular flexibility index (Phi) is 4.37. The molecule has 0 atom stereocenters. The number of hydrogen-bond acceptors (Lipinski definition) is 2. The van der Waals surface area contributed by atoms with Crippen LogP contribution in [0.25, 0.3) is 0 Å². The fourth-order valence-corrected chi connectivity index (χ4v) is 2.51. The van der Waals surface area contributed by atoms with Crippen LogP contribution in [0, 0.1) is 0 Å². The van der Waals surface area contributed by atoms with E-state index >= 15 is 0 Å². The second-order valence-corrected chi connectivity index (χ2v) is 4.67. The first-order valence-electron chi connectivity index (χ1n) is 6.40. The molecule has 3 N–H and O–H groups in total. The van der Waals surface area contributed by atoms with Gasteiger partial charge in [-0.1, -0.05) is 37.1 Å². The van der Waals surface area contributed by atoms with Crippen molar-refractivity contribution in [3.63, 3.8) is 0 Å². The Labute approximate surface area is 98.2 Å². The van der Waals surface area contributed by atoms with E-state index in [1.165, 1.54) is 36.8 Å². The van der Waals surface area contributed by atoms with Gasteiger partial charge < -0.3 is 11.1 Å². The number of hydrogen-bond donors (Lipinski definition) is 2. The van der Waals surface area contributed by atoms with Crippen molar-refractivity contribution in [3.8, 4) is 0 Å². The average molecular weight is 218 g/mol. The molecule has 1 aromatic carbocycles. The topological polar surface area (TPSA) is 38.0 Å². The normalized spacial score (nSPS) is 16.8. The standard InChI is InChI=1S/C14H22N2/c15-10-9-12-5-1-2-6-13(12)11-16-14-7-3-4-8-14/h1-2,5-6,14,16H,3-4,7-11,15H2. The van der Waals surface area contributed by atoms with Gasteiger partial charge in [0.05, 0.1) is 0 Å². The molecule has 16 heavy (non-hydrogen) atoms. The molecule has 1 fully saturated rings. The first-order chi connectivity index (χ1) is 7.90. The second kappa shape index (κ2) is 6.02. The number of benzene rings is 1. The molecule has 1 aliphatic rings. The number of rotatable bonds is 5. The van der Waals surface area contributed by atoms with E-state index in [4.69, 9.17) is 5.73 Å². The maximum absolute atomic E-state index is 5.63. The third kappa shape index (κ3) is 3.06. The fourth-order valence-electron chi connectivity index (χ4n) is 2.51. The Morgan fingerprint density at radius 2 is 1.81 bits per heavy atom. The summed E-state index contributed by atoms with van der Waals surface area (Å²) in [6.07, 6.45) is 6.46. The third-order valence-electron chi connectivity index (χ3n) is 3.47. The van der Waals surface area contributed by atoms with Gasteiger partial charge >= 0.3 is 0 Å². The van der Waals surface area contributed by atoms with Gasteiger partial charge in [0.1, 0.15) is 0 Å². The Hall–Kier alpha value is -0.860. The molecule has 88 valence electrons. The van der Waals surface area contributed by atoms with Gasteiger partial charge in [-0.15, -0.1) is 0 Å². The van der Waals surface area contributed by atoms with Crippen molar-refractivity contribution in [1.29, 1.82) is 0 Å². The van der Waals surface area contributed by atoms with E-state index < -0.39 is 0 Å². The summed E-state index contributed by atoms with van der Waals surface area (Å²) in [5.41, 5.74) is 8.44. The summed E-state index contributed by atoms with van der Waals surface area (Å²) >= 11 is 0. The van der Waals surface area contributed by atoms with Crippen molar-refractivity contribution in [2.75, 3.05) is 6.54 Å². The van der Waals surface area contributed by atoms with Gasteiger partial charge in [0.15, 0.2) is 0 Å². The van der Waals surface area contributed by atoms with Crippen molar-refractivity contribution < 1.29 is 0 Å². The molecule has 0 amide bonds. The zero-order valence-electron chi connectivity index (χ0n) is 9.91. The molecule has 0 unspecified atom stereocenters. The lowest BCUT2D eigenvalue weighted by Crippen LogP contribution is -2.26. The molecule has 0 aromatic heterocycles. The number of nitrogens with two attached hydrogens (primary N) is 1. The van der Waals surface area contributed by atoms with E-state index in [1.807, 2.05) is 0 Å². The lowest BCUT2D eigenvalue weighted by Gasteiger charge is -2.14. The summed E-state index contributed by atoms with van der Waals surface area (Å²) in [5.74, 6) is 0. The first-order valence-corrected chi connectivity index (χ1v) is 6.40. The minimum atomic E-state index is 0.737. The zero-order valence-corrected chi connectivity index (χ0v) is 9.91. The summed E-state index contributed by atoms with van der Waals surface area (Å²) in [4.78, 5) is 0. The van der Waals surface area contributed by atoms with Gasteiger partial charge in [0.25, 0.3) is 0 Å². The molecular weight excluding hydrogens is 196 g/mol. The van der Waals surface area contributed by atoms with Gasteiger partial charge in [-0.05, 0) is 36.9 Å². The van der Waals surface area contributed by atoms with E-state index in [0.717, 1.165) is 25.6 Å². The molecule has 2 heteroatoms. The number of nitrogens with one attached hydrogen (secondary N) is 1. The van der Waals surface area contributed by atoms with Crippen LogP contribution in [0.15, 0.2) is 24.3 Å². The highest BCUT2D eigenvalue weighted by Crippen LogP contribution is 2.18.